The Bertz CT molecular complexity index is 1080. The number of carbonyl (C=O) groups is 1. The van der Waals surface area contributed by atoms with E-state index >= 15 is 0 Å². The van der Waals surface area contributed by atoms with Gasteiger partial charge in [-0.2, -0.15) is 5.10 Å². The predicted molar refractivity (Wildman–Crippen MR) is 131 cm³/mol. The zero-order valence-corrected chi connectivity index (χ0v) is 20.0. The van der Waals surface area contributed by atoms with Crippen LogP contribution in [0.5, 0.6) is 0 Å². The highest BCUT2D eigenvalue weighted by Crippen LogP contribution is 2.28. The Hall–Kier alpha value is -2.96. The normalized spacial score (nSPS) is 16.0. The molecule has 1 aliphatic heterocycles. The van der Waals surface area contributed by atoms with Gasteiger partial charge in [-0.15, -0.1) is 0 Å². The summed E-state index contributed by atoms with van der Waals surface area (Å²) in [5.41, 5.74) is 6.32. The van der Waals surface area contributed by atoms with Crippen molar-refractivity contribution in [1.82, 2.24) is 14.7 Å². The first-order valence-electron chi connectivity index (χ1n) is 11.7. The largest absolute Gasteiger partial charge is 0.367 e. The third-order valence-corrected chi connectivity index (χ3v) is 6.75. The van der Waals surface area contributed by atoms with E-state index in [1.165, 1.54) is 22.3 Å². The maximum absolute atomic E-state index is 12.9. The van der Waals surface area contributed by atoms with Gasteiger partial charge in [-0.3, -0.25) is 9.69 Å². The van der Waals surface area contributed by atoms with Gasteiger partial charge in [0.25, 0.3) is 5.91 Å². The SMILES string of the molecule is COC(C(=O)Nc1ccnn1C1CCN(Cc2cc(C)c(C)cc2C)CC1)c1ccccc1. The molecule has 0 radical (unpaired) electrons. The molecule has 2 aromatic carbocycles. The van der Waals surface area contributed by atoms with Crippen molar-refractivity contribution in [1.29, 1.82) is 0 Å². The monoisotopic (exact) mass is 446 g/mol. The van der Waals surface area contributed by atoms with Gasteiger partial charge >= 0.3 is 0 Å². The molecular weight excluding hydrogens is 412 g/mol. The highest BCUT2D eigenvalue weighted by molar-refractivity contribution is 5.94. The molecule has 174 valence electrons. The molecule has 0 bridgehead atoms. The Kier molecular flexibility index (Phi) is 7.26. The first kappa shape index (κ1) is 23.2. The van der Waals surface area contributed by atoms with Gasteiger partial charge in [0.05, 0.1) is 12.2 Å². The second kappa shape index (κ2) is 10.3. The highest BCUT2D eigenvalue weighted by atomic mass is 16.5. The summed E-state index contributed by atoms with van der Waals surface area (Å²) in [5.74, 6) is 0.537. The Balaban J connectivity index is 1.38. The summed E-state index contributed by atoms with van der Waals surface area (Å²) in [6.07, 6.45) is 3.10. The lowest BCUT2D eigenvalue weighted by Crippen LogP contribution is -2.35. The Labute approximate surface area is 196 Å². The fraction of sp³-hybridized carbons (Fsp3) is 0.407. The lowest BCUT2D eigenvalue weighted by molar-refractivity contribution is -0.126. The van der Waals surface area contributed by atoms with Crippen molar-refractivity contribution >= 4 is 11.7 Å². The van der Waals surface area contributed by atoms with Gasteiger partial charge in [0.2, 0.25) is 0 Å². The molecule has 1 N–H and O–H groups in total. The van der Waals surface area contributed by atoms with Crippen molar-refractivity contribution in [3.05, 3.63) is 82.5 Å². The second-order valence-electron chi connectivity index (χ2n) is 9.05. The van der Waals surface area contributed by atoms with E-state index in [0.29, 0.717) is 0 Å². The van der Waals surface area contributed by atoms with Crippen molar-refractivity contribution in [3.8, 4) is 0 Å². The van der Waals surface area contributed by atoms with Crippen LogP contribution in [0, 0.1) is 20.8 Å². The fourth-order valence-corrected chi connectivity index (χ4v) is 4.67. The summed E-state index contributed by atoms with van der Waals surface area (Å²) < 4.78 is 7.45. The molecule has 1 aromatic heterocycles. The number of piperidine rings is 1. The average Bonchev–Trinajstić information content (AvgIpc) is 3.27. The number of aromatic nitrogens is 2. The van der Waals surface area contributed by atoms with E-state index in [1.54, 1.807) is 13.3 Å². The number of hydrogen-bond acceptors (Lipinski definition) is 4. The van der Waals surface area contributed by atoms with E-state index in [9.17, 15) is 4.79 Å². The van der Waals surface area contributed by atoms with Gasteiger partial charge in [-0.25, -0.2) is 4.68 Å². The summed E-state index contributed by atoms with van der Waals surface area (Å²) in [7, 11) is 1.56. The fourth-order valence-electron chi connectivity index (χ4n) is 4.67. The van der Waals surface area contributed by atoms with E-state index in [4.69, 9.17) is 4.74 Å². The second-order valence-corrected chi connectivity index (χ2v) is 9.05. The molecule has 1 saturated heterocycles. The number of ether oxygens (including phenoxy) is 1. The first-order valence-corrected chi connectivity index (χ1v) is 11.7. The highest BCUT2D eigenvalue weighted by Gasteiger charge is 2.26. The van der Waals surface area contributed by atoms with Crippen LogP contribution in [0.25, 0.3) is 0 Å². The Morgan fingerprint density at radius 3 is 2.45 bits per heavy atom. The third kappa shape index (κ3) is 5.34. The molecule has 6 nitrogen and oxygen atoms in total. The number of aryl methyl sites for hydroxylation is 3. The smallest absolute Gasteiger partial charge is 0.259 e. The summed E-state index contributed by atoms with van der Waals surface area (Å²) >= 11 is 0. The minimum absolute atomic E-state index is 0.187. The van der Waals surface area contributed by atoms with Crippen LogP contribution in [0.15, 0.2) is 54.7 Å². The maximum atomic E-state index is 12.9. The van der Waals surface area contributed by atoms with Crippen LogP contribution in [0.1, 0.15) is 52.8 Å². The number of methoxy groups -OCH3 is 1. The van der Waals surface area contributed by atoms with Crippen molar-refractivity contribution in [2.75, 3.05) is 25.5 Å². The minimum Gasteiger partial charge on any atom is -0.367 e. The molecule has 2 heterocycles. The molecule has 33 heavy (non-hydrogen) atoms. The number of anilines is 1. The zero-order chi connectivity index (χ0) is 23.4. The topological polar surface area (TPSA) is 59.4 Å². The van der Waals surface area contributed by atoms with Crippen LogP contribution in [-0.2, 0) is 16.1 Å². The Morgan fingerprint density at radius 1 is 1.06 bits per heavy atom. The van der Waals surface area contributed by atoms with Crippen LogP contribution in [0.3, 0.4) is 0 Å². The number of amides is 1. The van der Waals surface area contributed by atoms with Gasteiger partial charge in [-0.05, 0) is 61.4 Å². The van der Waals surface area contributed by atoms with E-state index in [2.05, 4.69) is 48.2 Å². The molecular formula is C27H34N4O2. The first-order chi connectivity index (χ1) is 16.0. The summed E-state index contributed by atoms with van der Waals surface area (Å²) in [6, 6.07) is 16.3. The van der Waals surface area contributed by atoms with Crippen LogP contribution >= 0.6 is 0 Å². The molecule has 1 unspecified atom stereocenters. The van der Waals surface area contributed by atoms with Gasteiger partial charge in [-0.1, -0.05) is 42.5 Å². The van der Waals surface area contributed by atoms with Crippen LogP contribution in [0.2, 0.25) is 0 Å². The van der Waals surface area contributed by atoms with E-state index in [1.807, 2.05) is 41.1 Å². The number of likely N-dealkylation sites (tertiary alicyclic amines) is 1. The molecule has 0 saturated carbocycles. The standard InChI is InChI=1S/C27H34N4O2/c1-19-16-21(3)23(17-20(19)2)18-30-14-11-24(12-15-30)31-25(10-13-28-31)29-27(32)26(33-4)22-8-6-5-7-9-22/h5-10,13,16-17,24,26H,11-12,14-15,18H2,1-4H3,(H,29,32). The van der Waals surface area contributed by atoms with Gasteiger partial charge < -0.3 is 10.1 Å². The van der Waals surface area contributed by atoms with Crippen molar-refractivity contribution in [3.63, 3.8) is 0 Å². The summed E-state index contributed by atoms with van der Waals surface area (Å²) in [4.78, 5) is 15.4. The quantitative estimate of drug-likeness (QED) is 0.557. The molecule has 1 fully saturated rings. The van der Waals surface area contributed by atoms with E-state index in [0.717, 1.165) is 43.9 Å². The number of carbonyl (C=O) groups excluding carboxylic acids is 1. The van der Waals surface area contributed by atoms with Crippen molar-refractivity contribution < 1.29 is 9.53 Å². The van der Waals surface area contributed by atoms with Gasteiger partial charge in [0.1, 0.15) is 5.82 Å². The number of nitrogens with zero attached hydrogens (tertiary/aromatic N) is 3. The van der Waals surface area contributed by atoms with E-state index in [-0.39, 0.29) is 11.9 Å². The molecule has 3 aromatic rings. The van der Waals surface area contributed by atoms with Crippen LogP contribution in [0.4, 0.5) is 5.82 Å². The van der Waals surface area contributed by atoms with Gasteiger partial charge in [0, 0.05) is 32.8 Å². The average molecular weight is 447 g/mol. The Morgan fingerprint density at radius 2 is 1.76 bits per heavy atom. The zero-order valence-electron chi connectivity index (χ0n) is 20.0. The number of hydrogen-bond donors (Lipinski definition) is 1. The summed E-state index contributed by atoms with van der Waals surface area (Å²) in [6.45, 7) is 9.56. The molecule has 4 rings (SSSR count). The molecule has 0 spiro atoms. The van der Waals surface area contributed by atoms with Gasteiger partial charge in [0.15, 0.2) is 6.10 Å². The third-order valence-electron chi connectivity index (χ3n) is 6.75. The van der Waals surface area contributed by atoms with Crippen LogP contribution < -0.4 is 5.32 Å². The molecule has 1 amide bonds. The van der Waals surface area contributed by atoms with Crippen molar-refractivity contribution in [2.45, 2.75) is 52.3 Å². The maximum Gasteiger partial charge on any atom is 0.259 e. The predicted octanol–water partition coefficient (Wildman–Crippen LogP) is 4.97. The summed E-state index contributed by atoms with van der Waals surface area (Å²) in [5, 5.41) is 7.57. The molecule has 1 aliphatic rings. The minimum atomic E-state index is -0.655. The number of rotatable bonds is 7. The molecule has 6 heteroatoms. The molecule has 0 aliphatic carbocycles. The lowest BCUT2D eigenvalue weighted by Gasteiger charge is -2.33. The van der Waals surface area contributed by atoms with E-state index < -0.39 is 6.10 Å². The number of benzene rings is 2. The van der Waals surface area contributed by atoms with Crippen molar-refractivity contribution in [2.24, 2.45) is 0 Å². The lowest BCUT2D eigenvalue weighted by atomic mass is 9.99. The van der Waals surface area contributed by atoms with Crippen LogP contribution in [-0.4, -0.2) is 40.8 Å². The number of nitrogens with one attached hydrogen (secondary N) is 1. The molecule has 1 atom stereocenters.